The molecule has 0 saturated heterocycles. The van der Waals surface area contributed by atoms with Gasteiger partial charge in [-0.25, -0.2) is 4.79 Å². The average molecular weight is 580 g/mol. The number of phenols is 1. The van der Waals surface area contributed by atoms with Crippen LogP contribution in [0.1, 0.15) is 95.9 Å². The van der Waals surface area contributed by atoms with E-state index in [1.54, 1.807) is 43.9 Å². The van der Waals surface area contributed by atoms with Gasteiger partial charge in [0.1, 0.15) is 23.4 Å². The highest BCUT2D eigenvalue weighted by Crippen LogP contribution is 2.26. The van der Waals surface area contributed by atoms with Crippen molar-refractivity contribution in [2.24, 2.45) is 0 Å². The number of nitrogens with one attached hydrogen (secondary N) is 2. The lowest BCUT2D eigenvalue weighted by atomic mass is 9.98. The fourth-order valence-electron chi connectivity index (χ4n) is 4.63. The van der Waals surface area contributed by atoms with E-state index in [0.717, 1.165) is 43.2 Å². The lowest BCUT2D eigenvalue weighted by Gasteiger charge is -2.35. The van der Waals surface area contributed by atoms with E-state index in [1.165, 1.54) is 12.1 Å². The zero-order valence-corrected chi connectivity index (χ0v) is 25.9. The van der Waals surface area contributed by atoms with E-state index in [0.29, 0.717) is 25.1 Å². The highest BCUT2D eigenvalue weighted by atomic mass is 16.6. The van der Waals surface area contributed by atoms with Gasteiger partial charge in [0.2, 0.25) is 11.8 Å². The zero-order valence-electron chi connectivity index (χ0n) is 25.9. The number of amides is 3. The van der Waals surface area contributed by atoms with Gasteiger partial charge in [0.15, 0.2) is 0 Å². The summed E-state index contributed by atoms with van der Waals surface area (Å²) in [5.74, 6) is -0.551. The normalized spacial score (nSPS) is 12.6. The maximum atomic E-state index is 14.5. The van der Waals surface area contributed by atoms with Crippen molar-refractivity contribution in [2.45, 2.75) is 97.2 Å². The molecule has 0 radical (unpaired) electrons. The molecule has 0 aliphatic carbocycles. The number of unbranched alkanes of at least 4 members (excludes halogenated alkanes) is 4. The Bertz CT molecular complexity index is 1160. The van der Waals surface area contributed by atoms with Crippen LogP contribution in [0.15, 0.2) is 55.1 Å². The van der Waals surface area contributed by atoms with Crippen molar-refractivity contribution in [3.8, 4) is 5.75 Å². The fraction of sp³-hybridized carbons (Fsp3) is 0.500. The summed E-state index contributed by atoms with van der Waals surface area (Å²) in [6.07, 6.45) is 6.51. The molecule has 0 bridgehead atoms. The number of benzene rings is 2. The average Bonchev–Trinajstić information content (AvgIpc) is 2.94. The third-order valence-electron chi connectivity index (χ3n) is 6.75. The number of carbonyl (C=O) groups is 3. The van der Waals surface area contributed by atoms with Crippen molar-refractivity contribution >= 4 is 24.0 Å². The van der Waals surface area contributed by atoms with Gasteiger partial charge < -0.3 is 25.4 Å². The number of ether oxygens (including phenoxy) is 1. The maximum Gasteiger partial charge on any atom is 0.408 e. The second-order valence-corrected chi connectivity index (χ2v) is 11.6. The summed E-state index contributed by atoms with van der Waals surface area (Å²) in [5, 5.41) is 15.6. The Hall–Kier alpha value is -3.81. The van der Waals surface area contributed by atoms with Crippen molar-refractivity contribution in [3.63, 3.8) is 0 Å². The Morgan fingerprint density at radius 2 is 1.67 bits per heavy atom. The molecule has 0 fully saturated rings. The van der Waals surface area contributed by atoms with Gasteiger partial charge in [0.25, 0.3) is 0 Å². The first kappa shape index (κ1) is 34.4. The van der Waals surface area contributed by atoms with Crippen molar-refractivity contribution in [1.82, 2.24) is 15.5 Å². The number of nitrogens with zero attached hydrogens (tertiary/aromatic N) is 1. The molecule has 8 nitrogen and oxygen atoms in total. The van der Waals surface area contributed by atoms with Gasteiger partial charge in [0.05, 0.1) is 0 Å². The van der Waals surface area contributed by atoms with Crippen LogP contribution in [0.2, 0.25) is 0 Å². The van der Waals surface area contributed by atoms with Crippen LogP contribution in [-0.4, -0.2) is 52.6 Å². The van der Waals surface area contributed by atoms with Crippen LogP contribution in [0.25, 0.3) is 6.08 Å². The van der Waals surface area contributed by atoms with Gasteiger partial charge in [-0.05, 0) is 68.5 Å². The van der Waals surface area contributed by atoms with E-state index in [1.807, 2.05) is 24.3 Å². The highest BCUT2D eigenvalue weighted by molar-refractivity contribution is 5.92. The number of alkyl carbamates (subject to hydrolysis) is 1. The predicted molar refractivity (Wildman–Crippen MR) is 168 cm³/mol. The summed E-state index contributed by atoms with van der Waals surface area (Å²) in [6, 6.07) is 12.0. The van der Waals surface area contributed by atoms with Gasteiger partial charge in [-0.1, -0.05) is 82.5 Å². The van der Waals surface area contributed by atoms with Crippen LogP contribution in [0.3, 0.4) is 0 Å². The number of hydrogen-bond acceptors (Lipinski definition) is 5. The van der Waals surface area contributed by atoms with Crippen LogP contribution in [0, 0.1) is 0 Å². The Morgan fingerprint density at radius 1 is 1.00 bits per heavy atom. The van der Waals surface area contributed by atoms with Crippen LogP contribution in [-0.2, 0) is 20.7 Å². The summed E-state index contributed by atoms with van der Waals surface area (Å²) in [6.45, 7) is 14.2. The Labute approximate surface area is 251 Å². The summed E-state index contributed by atoms with van der Waals surface area (Å²) in [5.41, 5.74) is 1.49. The first-order valence-corrected chi connectivity index (χ1v) is 15.1. The SMILES string of the molecule is C=Cc1cccc(C(C(=O)NCCCCC)N(CCCCC)C(=O)C(Cc2ccc(O)cc2)NC(=O)OC(C)(C)C)c1. The van der Waals surface area contributed by atoms with Crippen molar-refractivity contribution in [3.05, 3.63) is 71.8 Å². The minimum Gasteiger partial charge on any atom is -0.508 e. The van der Waals surface area contributed by atoms with E-state index in [2.05, 4.69) is 31.1 Å². The van der Waals surface area contributed by atoms with Gasteiger partial charge >= 0.3 is 6.09 Å². The number of carbonyl (C=O) groups excluding carboxylic acids is 3. The third kappa shape index (κ3) is 11.6. The molecule has 3 amide bonds. The topological polar surface area (TPSA) is 108 Å². The number of aromatic hydroxyl groups is 1. The highest BCUT2D eigenvalue weighted by Gasteiger charge is 2.36. The Balaban J connectivity index is 2.55. The van der Waals surface area contributed by atoms with Crippen molar-refractivity contribution in [1.29, 1.82) is 0 Å². The van der Waals surface area contributed by atoms with E-state index in [9.17, 15) is 19.5 Å². The first-order valence-electron chi connectivity index (χ1n) is 15.1. The molecular weight excluding hydrogens is 530 g/mol. The maximum absolute atomic E-state index is 14.5. The van der Waals surface area contributed by atoms with Gasteiger partial charge in [-0.2, -0.15) is 0 Å². The molecule has 42 heavy (non-hydrogen) atoms. The monoisotopic (exact) mass is 579 g/mol. The first-order chi connectivity index (χ1) is 20.0. The number of hydrogen-bond donors (Lipinski definition) is 3. The summed E-state index contributed by atoms with van der Waals surface area (Å²) in [7, 11) is 0. The van der Waals surface area contributed by atoms with Crippen LogP contribution in [0.4, 0.5) is 4.79 Å². The third-order valence-corrected chi connectivity index (χ3v) is 6.75. The fourth-order valence-corrected chi connectivity index (χ4v) is 4.63. The van der Waals surface area contributed by atoms with Crippen molar-refractivity contribution in [2.75, 3.05) is 13.1 Å². The molecule has 2 aromatic carbocycles. The number of rotatable bonds is 16. The molecule has 0 spiro atoms. The Morgan fingerprint density at radius 3 is 2.29 bits per heavy atom. The standard InChI is InChI=1S/C34H49N3O5/c1-7-10-12-21-35-31(39)30(27-16-14-15-25(9-3)23-27)37(22-13-11-8-2)32(40)29(36-33(41)42-34(4,5)6)24-26-17-19-28(38)20-18-26/h9,14-20,23,29-30,38H,3,7-8,10-13,21-22,24H2,1-2,4-6H3,(H,35,39)(H,36,41). The van der Waals surface area contributed by atoms with Crippen LogP contribution < -0.4 is 10.6 Å². The second kappa shape index (κ2) is 17.2. The molecule has 0 heterocycles. The minimum atomic E-state index is -1.01. The van der Waals surface area contributed by atoms with E-state index >= 15 is 0 Å². The predicted octanol–water partition coefficient (Wildman–Crippen LogP) is 6.54. The minimum absolute atomic E-state index is 0.102. The van der Waals surface area contributed by atoms with Gasteiger partial charge in [-0.3, -0.25) is 9.59 Å². The second-order valence-electron chi connectivity index (χ2n) is 11.6. The lowest BCUT2D eigenvalue weighted by Crippen LogP contribution is -2.54. The summed E-state index contributed by atoms with van der Waals surface area (Å²) >= 11 is 0. The molecule has 0 aliphatic rings. The molecule has 230 valence electrons. The van der Waals surface area contributed by atoms with Crippen LogP contribution in [0.5, 0.6) is 5.75 Å². The molecule has 2 aromatic rings. The molecule has 0 aromatic heterocycles. The molecule has 2 rings (SSSR count). The lowest BCUT2D eigenvalue weighted by molar-refractivity contribution is -0.142. The van der Waals surface area contributed by atoms with E-state index in [-0.39, 0.29) is 24.0 Å². The Kier molecular flexibility index (Phi) is 14.1. The smallest absolute Gasteiger partial charge is 0.408 e. The molecule has 2 atom stereocenters. The van der Waals surface area contributed by atoms with Gasteiger partial charge in [-0.15, -0.1) is 0 Å². The zero-order chi connectivity index (χ0) is 31.1. The summed E-state index contributed by atoms with van der Waals surface area (Å²) < 4.78 is 5.50. The van der Waals surface area contributed by atoms with E-state index < -0.39 is 23.8 Å². The largest absolute Gasteiger partial charge is 0.508 e. The number of phenolic OH excluding ortho intramolecular Hbond substituents is 1. The van der Waals surface area contributed by atoms with E-state index in [4.69, 9.17) is 4.74 Å². The molecular formula is C34H49N3O5. The molecule has 3 N–H and O–H groups in total. The molecule has 0 aliphatic heterocycles. The summed E-state index contributed by atoms with van der Waals surface area (Å²) in [4.78, 5) is 42.8. The van der Waals surface area contributed by atoms with Crippen molar-refractivity contribution < 1.29 is 24.2 Å². The quantitative estimate of drug-likeness (QED) is 0.196. The van der Waals surface area contributed by atoms with Crippen LogP contribution >= 0.6 is 0 Å². The molecule has 8 heteroatoms. The molecule has 2 unspecified atom stereocenters. The molecule has 0 saturated carbocycles. The van der Waals surface area contributed by atoms with Gasteiger partial charge in [0, 0.05) is 19.5 Å².